The molecule has 1 amide bonds. The molecule has 170 valence electrons. The van der Waals surface area contributed by atoms with Gasteiger partial charge in [0, 0.05) is 20.8 Å². The van der Waals surface area contributed by atoms with Crippen LogP contribution in [0.4, 0.5) is 8.78 Å². The maximum Gasteiger partial charge on any atom is 0.387 e. The van der Waals surface area contributed by atoms with Crippen LogP contribution in [0.5, 0.6) is 5.75 Å². The molecule has 2 N–H and O–H groups in total. The molecule has 1 heterocycles. The smallest absolute Gasteiger partial charge is 0.387 e. The summed E-state index contributed by atoms with van der Waals surface area (Å²) in [5, 5.41) is 0. The number of halogens is 2. The van der Waals surface area contributed by atoms with Gasteiger partial charge in [0.2, 0.25) is 0 Å². The molecule has 2 aromatic rings. The highest BCUT2D eigenvalue weighted by Crippen LogP contribution is 2.40. The van der Waals surface area contributed by atoms with Crippen LogP contribution in [0, 0.1) is 0 Å². The van der Waals surface area contributed by atoms with E-state index in [-0.39, 0.29) is 17.6 Å². The molecule has 1 aliphatic heterocycles. The second kappa shape index (κ2) is 10.4. The number of amides is 1. The van der Waals surface area contributed by atoms with Crippen LogP contribution in [-0.2, 0) is 15.1 Å². The van der Waals surface area contributed by atoms with Crippen molar-refractivity contribution in [1.82, 2.24) is 4.90 Å². The van der Waals surface area contributed by atoms with E-state index in [0.717, 1.165) is 31.4 Å². The zero-order valence-corrected chi connectivity index (χ0v) is 18.1. The van der Waals surface area contributed by atoms with E-state index < -0.39 is 12.2 Å². The van der Waals surface area contributed by atoms with E-state index >= 15 is 0 Å². The number of hydrogen-bond donors (Lipinski definition) is 1. The van der Waals surface area contributed by atoms with Crippen molar-refractivity contribution in [2.24, 2.45) is 10.7 Å². The number of unbranched alkanes of at least 4 members (excludes halogenated alkanes) is 2. The number of aliphatic imine (C=N–C) groups is 1. The lowest BCUT2D eigenvalue weighted by Crippen LogP contribution is -2.41. The number of alkyl halides is 2. The summed E-state index contributed by atoms with van der Waals surface area (Å²) in [6, 6.07) is 13.4. The second-order valence-corrected chi connectivity index (χ2v) is 7.46. The second-order valence-electron chi connectivity index (χ2n) is 7.46. The van der Waals surface area contributed by atoms with Crippen molar-refractivity contribution < 1.29 is 23.0 Å². The van der Waals surface area contributed by atoms with E-state index in [1.54, 1.807) is 26.3 Å². The average Bonchev–Trinajstić information content (AvgIpc) is 3.01. The van der Waals surface area contributed by atoms with Crippen LogP contribution in [-0.4, -0.2) is 44.1 Å². The summed E-state index contributed by atoms with van der Waals surface area (Å²) in [6.45, 7) is -2.19. The first-order chi connectivity index (χ1) is 15.4. The van der Waals surface area contributed by atoms with Gasteiger partial charge in [-0.25, -0.2) is 4.99 Å². The number of benzene rings is 2. The van der Waals surface area contributed by atoms with E-state index in [2.05, 4.69) is 15.8 Å². The number of rotatable bonds is 10. The van der Waals surface area contributed by atoms with Crippen molar-refractivity contribution in [2.75, 3.05) is 20.8 Å². The lowest BCUT2D eigenvalue weighted by atomic mass is 9.82. The van der Waals surface area contributed by atoms with Crippen molar-refractivity contribution in [1.29, 1.82) is 0 Å². The van der Waals surface area contributed by atoms with E-state index in [4.69, 9.17) is 10.5 Å². The Labute approximate surface area is 186 Å². The van der Waals surface area contributed by atoms with E-state index in [1.807, 2.05) is 30.3 Å². The predicted molar refractivity (Wildman–Crippen MR) is 119 cm³/mol. The average molecular weight is 443 g/mol. The maximum atomic E-state index is 13.3. The Hall–Kier alpha value is -3.26. The summed E-state index contributed by atoms with van der Waals surface area (Å²) >= 11 is 0. The van der Waals surface area contributed by atoms with Gasteiger partial charge in [-0.15, -0.1) is 0 Å². The number of hydrogen-bond acceptors (Lipinski definition) is 5. The minimum Gasteiger partial charge on any atom is -0.435 e. The number of methoxy groups -OCH3 is 1. The first kappa shape index (κ1) is 23.4. The number of guanidine groups is 1. The zero-order chi connectivity index (χ0) is 23.1. The van der Waals surface area contributed by atoms with Gasteiger partial charge in [-0.05, 0) is 54.2 Å². The Morgan fingerprint density at radius 3 is 2.53 bits per heavy atom. The molecule has 0 fully saturated rings. The van der Waals surface area contributed by atoms with Crippen molar-refractivity contribution in [3.8, 4) is 5.75 Å². The lowest BCUT2D eigenvalue weighted by Gasteiger charge is -2.26. The van der Waals surface area contributed by atoms with Crippen LogP contribution in [0.25, 0.3) is 6.08 Å². The van der Waals surface area contributed by atoms with Crippen molar-refractivity contribution in [2.45, 2.75) is 31.4 Å². The maximum absolute atomic E-state index is 13.3. The molecule has 6 nitrogen and oxygen atoms in total. The topological polar surface area (TPSA) is 77.2 Å². The molecule has 0 bridgehead atoms. The van der Waals surface area contributed by atoms with Crippen molar-refractivity contribution in [3.05, 3.63) is 71.3 Å². The standard InChI is InChI=1S/C24H27F2N3O3/c1-29-21(30)24(28-23(29)27,18-11-13-20(14-12-18)32-22(25)26)19-10-7-9-17(16-19)8-5-3-4-6-15-31-2/h5,7-14,16,22H,3-4,6,15H2,1-2H3,(H2,27,28)/b8-5+/t24-/m1/s1. The third kappa shape index (κ3) is 4.96. The number of likely N-dealkylation sites (N-methyl/N-ethyl adjacent to an activating group) is 1. The Morgan fingerprint density at radius 2 is 1.91 bits per heavy atom. The molecule has 0 saturated carbocycles. The SMILES string of the molecule is COCCCC/C=C/c1cccc([C@@]2(c3ccc(OC(F)F)cc3)N=C(N)N(C)C2=O)c1. The van der Waals surface area contributed by atoms with E-state index in [0.29, 0.717) is 11.1 Å². The molecular formula is C24H27F2N3O3. The zero-order valence-electron chi connectivity index (χ0n) is 18.1. The normalized spacial score (nSPS) is 18.6. The highest BCUT2D eigenvalue weighted by atomic mass is 19.3. The highest BCUT2D eigenvalue weighted by molar-refractivity contribution is 6.09. The summed E-state index contributed by atoms with van der Waals surface area (Å²) < 4.78 is 34.5. The first-order valence-corrected chi connectivity index (χ1v) is 10.3. The number of ether oxygens (including phenoxy) is 2. The van der Waals surface area contributed by atoms with Crippen LogP contribution < -0.4 is 10.5 Å². The van der Waals surface area contributed by atoms with Gasteiger partial charge in [0.1, 0.15) is 5.75 Å². The molecule has 1 aliphatic rings. The molecule has 0 aromatic heterocycles. The fraction of sp³-hybridized carbons (Fsp3) is 0.333. The summed E-state index contributed by atoms with van der Waals surface area (Å²) in [4.78, 5) is 19.1. The molecule has 0 spiro atoms. The van der Waals surface area contributed by atoms with Gasteiger partial charge in [-0.3, -0.25) is 9.69 Å². The molecule has 0 saturated heterocycles. The Kier molecular flexibility index (Phi) is 7.58. The van der Waals surface area contributed by atoms with Crippen LogP contribution in [0.2, 0.25) is 0 Å². The minimum absolute atomic E-state index is 0.000177. The van der Waals surface area contributed by atoms with Gasteiger partial charge in [-0.1, -0.05) is 42.5 Å². The Balaban J connectivity index is 1.94. The van der Waals surface area contributed by atoms with Crippen LogP contribution >= 0.6 is 0 Å². The molecule has 2 aromatic carbocycles. The van der Waals surface area contributed by atoms with Gasteiger partial charge in [0.15, 0.2) is 11.5 Å². The quantitative estimate of drug-likeness (QED) is 0.560. The molecule has 8 heteroatoms. The fourth-order valence-corrected chi connectivity index (χ4v) is 3.66. The largest absolute Gasteiger partial charge is 0.435 e. The van der Waals surface area contributed by atoms with Crippen molar-refractivity contribution in [3.63, 3.8) is 0 Å². The Morgan fingerprint density at radius 1 is 1.16 bits per heavy atom. The highest BCUT2D eigenvalue weighted by Gasteiger charge is 2.49. The molecule has 0 aliphatic carbocycles. The summed E-state index contributed by atoms with van der Waals surface area (Å²) in [6.07, 6.45) is 7.00. The number of carbonyl (C=O) groups excluding carboxylic acids is 1. The fourth-order valence-electron chi connectivity index (χ4n) is 3.66. The summed E-state index contributed by atoms with van der Waals surface area (Å²) in [5.41, 5.74) is 6.67. The number of carbonyl (C=O) groups is 1. The number of allylic oxidation sites excluding steroid dienone is 1. The molecule has 3 rings (SSSR count). The molecule has 0 unspecified atom stereocenters. The minimum atomic E-state index is -2.93. The van der Waals surface area contributed by atoms with Gasteiger partial charge >= 0.3 is 6.61 Å². The molecule has 32 heavy (non-hydrogen) atoms. The monoisotopic (exact) mass is 443 g/mol. The van der Waals surface area contributed by atoms with Gasteiger partial charge in [-0.2, -0.15) is 8.78 Å². The van der Waals surface area contributed by atoms with Crippen LogP contribution in [0.15, 0.2) is 59.6 Å². The molecule has 1 atom stereocenters. The van der Waals surface area contributed by atoms with Crippen molar-refractivity contribution >= 4 is 17.9 Å². The summed E-state index contributed by atoms with van der Waals surface area (Å²) in [5.74, 6) is -0.236. The van der Waals surface area contributed by atoms with Gasteiger partial charge in [0.25, 0.3) is 5.91 Å². The Bertz CT molecular complexity index is 992. The third-order valence-electron chi connectivity index (χ3n) is 5.32. The van der Waals surface area contributed by atoms with E-state index in [1.165, 1.54) is 17.0 Å². The number of nitrogens with two attached hydrogens (primary N) is 1. The summed E-state index contributed by atoms with van der Waals surface area (Å²) in [7, 11) is 3.24. The first-order valence-electron chi connectivity index (χ1n) is 10.3. The molecule has 0 radical (unpaired) electrons. The molecular weight excluding hydrogens is 416 g/mol. The predicted octanol–water partition coefficient (Wildman–Crippen LogP) is 4.15. The van der Waals surface area contributed by atoms with Gasteiger partial charge < -0.3 is 15.2 Å². The van der Waals surface area contributed by atoms with Crippen LogP contribution in [0.1, 0.15) is 36.0 Å². The van der Waals surface area contributed by atoms with Gasteiger partial charge in [0.05, 0.1) is 0 Å². The number of nitrogens with zero attached hydrogens (tertiary/aromatic N) is 2. The third-order valence-corrected chi connectivity index (χ3v) is 5.32. The van der Waals surface area contributed by atoms with Crippen LogP contribution in [0.3, 0.4) is 0 Å². The lowest BCUT2D eigenvalue weighted by molar-refractivity contribution is -0.129. The van der Waals surface area contributed by atoms with E-state index in [9.17, 15) is 13.6 Å².